The molecule has 0 saturated carbocycles. The molecule has 2 rings (SSSR count). The minimum atomic E-state index is -0.183. The third-order valence-corrected chi connectivity index (χ3v) is 4.32. The third kappa shape index (κ3) is 6.78. The van der Waals surface area contributed by atoms with Gasteiger partial charge >= 0.3 is 0 Å². The third-order valence-electron chi connectivity index (χ3n) is 4.02. The molecule has 7 heteroatoms. The van der Waals surface area contributed by atoms with Crippen LogP contribution in [0.15, 0.2) is 48.5 Å². The van der Waals surface area contributed by atoms with Crippen LogP contribution in [0.2, 0.25) is 5.02 Å². The Kier molecular flexibility index (Phi) is 8.62. The van der Waals surface area contributed by atoms with Crippen molar-refractivity contribution >= 4 is 29.1 Å². The lowest BCUT2D eigenvalue weighted by Crippen LogP contribution is -2.34. The maximum absolute atomic E-state index is 12.0. The van der Waals surface area contributed by atoms with E-state index in [-0.39, 0.29) is 31.4 Å². The van der Waals surface area contributed by atoms with Gasteiger partial charge in [-0.05, 0) is 44.2 Å². The van der Waals surface area contributed by atoms with Crippen LogP contribution in [-0.4, -0.2) is 43.0 Å². The lowest BCUT2D eigenvalue weighted by molar-refractivity contribution is -0.133. The number of hydrogen-bond donors (Lipinski definition) is 1. The fraction of sp³-hybridized carbons (Fsp3) is 0.333. The normalized spacial score (nSPS) is 10.2. The van der Waals surface area contributed by atoms with E-state index in [0.717, 1.165) is 5.75 Å². The first kappa shape index (κ1) is 21.6. The van der Waals surface area contributed by atoms with E-state index < -0.39 is 0 Å². The molecular formula is C21H25ClN2O4. The number of para-hydroxylation sites is 1. The second kappa shape index (κ2) is 11.2. The van der Waals surface area contributed by atoms with E-state index in [2.05, 4.69) is 5.32 Å². The number of likely N-dealkylation sites (N-methyl/N-ethyl adjacent to an activating group) is 1. The topological polar surface area (TPSA) is 67.9 Å². The standard InChI is InChI=1S/C21H25ClN2O4/c1-3-24(4-2)21(26)15-28-19-11-10-16(14-18(19)22)23-20(25)12-13-27-17-8-6-5-7-9-17/h5-11,14H,3-4,12-13,15H2,1-2H3,(H,23,25). The summed E-state index contributed by atoms with van der Waals surface area (Å²) >= 11 is 6.20. The minimum Gasteiger partial charge on any atom is -0.493 e. The van der Waals surface area contributed by atoms with Gasteiger partial charge in [0.2, 0.25) is 5.91 Å². The van der Waals surface area contributed by atoms with Crippen LogP contribution in [0.3, 0.4) is 0 Å². The van der Waals surface area contributed by atoms with E-state index in [1.54, 1.807) is 23.1 Å². The number of hydrogen-bond acceptors (Lipinski definition) is 4. The summed E-state index contributed by atoms with van der Waals surface area (Å²) in [6.45, 7) is 5.28. The second-order valence-corrected chi connectivity index (χ2v) is 6.37. The molecule has 0 aliphatic heterocycles. The van der Waals surface area contributed by atoms with Crippen molar-refractivity contribution in [2.24, 2.45) is 0 Å². The van der Waals surface area contributed by atoms with E-state index in [0.29, 0.717) is 29.5 Å². The molecule has 0 heterocycles. The van der Waals surface area contributed by atoms with Crippen molar-refractivity contribution in [1.29, 1.82) is 0 Å². The van der Waals surface area contributed by atoms with Gasteiger partial charge in [0.1, 0.15) is 11.5 Å². The van der Waals surface area contributed by atoms with Gasteiger partial charge in [-0.1, -0.05) is 29.8 Å². The van der Waals surface area contributed by atoms with Gasteiger partial charge in [-0.15, -0.1) is 0 Å². The van der Waals surface area contributed by atoms with Gasteiger partial charge in [0, 0.05) is 18.8 Å². The highest BCUT2D eigenvalue weighted by atomic mass is 35.5. The van der Waals surface area contributed by atoms with Gasteiger partial charge in [0.15, 0.2) is 6.61 Å². The Hall–Kier alpha value is -2.73. The Balaban J connectivity index is 1.80. The molecule has 1 N–H and O–H groups in total. The van der Waals surface area contributed by atoms with E-state index in [1.807, 2.05) is 44.2 Å². The van der Waals surface area contributed by atoms with E-state index in [9.17, 15) is 9.59 Å². The highest BCUT2D eigenvalue weighted by molar-refractivity contribution is 6.32. The first-order valence-electron chi connectivity index (χ1n) is 9.21. The number of amides is 2. The van der Waals surface area contributed by atoms with Crippen molar-refractivity contribution in [3.63, 3.8) is 0 Å². The van der Waals surface area contributed by atoms with Gasteiger partial charge in [0.05, 0.1) is 18.1 Å². The Labute approximate surface area is 170 Å². The zero-order chi connectivity index (χ0) is 20.4. The predicted octanol–water partition coefficient (Wildman–Crippen LogP) is 3.99. The molecule has 0 aromatic heterocycles. The number of carbonyl (C=O) groups is 2. The Bertz CT molecular complexity index is 779. The van der Waals surface area contributed by atoms with Gasteiger partial charge in [-0.25, -0.2) is 0 Å². The summed E-state index contributed by atoms with van der Waals surface area (Å²) in [4.78, 5) is 25.7. The zero-order valence-corrected chi connectivity index (χ0v) is 16.9. The van der Waals surface area contributed by atoms with Crippen LogP contribution in [0.5, 0.6) is 11.5 Å². The maximum Gasteiger partial charge on any atom is 0.260 e. The van der Waals surface area contributed by atoms with E-state index >= 15 is 0 Å². The van der Waals surface area contributed by atoms with Crippen molar-refractivity contribution in [2.75, 3.05) is 31.6 Å². The number of nitrogens with zero attached hydrogens (tertiary/aromatic N) is 1. The molecule has 0 atom stereocenters. The second-order valence-electron chi connectivity index (χ2n) is 5.96. The summed E-state index contributed by atoms with van der Waals surface area (Å²) in [5, 5.41) is 3.09. The zero-order valence-electron chi connectivity index (χ0n) is 16.1. The summed E-state index contributed by atoms with van der Waals surface area (Å²) in [6.07, 6.45) is 0.211. The highest BCUT2D eigenvalue weighted by Gasteiger charge is 2.12. The minimum absolute atomic E-state index is 0.0794. The molecular weight excluding hydrogens is 380 g/mol. The van der Waals surface area contributed by atoms with Crippen molar-refractivity contribution < 1.29 is 19.1 Å². The molecule has 28 heavy (non-hydrogen) atoms. The monoisotopic (exact) mass is 404 g/mol. The Morgan fingerprint density at radius 3 is 2.39 bits per heavy atom. The van der Waals surface area contributed by atoms with Crippen LogP contribution in [-0.2, 0) is 9.59 Å². The summed E-state index contributed by atoms with van der Waals surface area (Å²) in [5.74, 6) is 0.834. The first-order valence-corrected chi connectivity index (χ1v) is 9.59. The molecule has 0 radical (unpaired) electrons. The molecule has 2 aromatic rings. The SMILES string of the molecule is CCN(CC)C(=O)COc1ccc(NC(=O)CCOc2ccccc2)cc1Cl. The molecule has 0 bridgehead atoms. The number of carbonyl (C=O) groups excluding carboxylic acids is 2. The molecule has 0 aliphatic rings. The predicted molar refractivity (Wildman–Crippen MR) is 110 cm³/mol. The molecule has 0 aliphatic carbocycles. The molecule has 2 amide bonds. The smallest absolute Gasteiger partial charge is 0.260 e. The molecule has 0 unspecified atom stereocenters. The van der Waals surface area contributed by atoms with Crippen LogP contribution in [0.25, 0.3) is 0 Å². The summed E-state index contributed by atoms with van der Waals surface area (Å²) < 4.78 is 11.0. The van der Waals surface area contributed by atoms with Crippen molar-refractivity contribution in [1.82, 2.24) is 4.90 Å². The van der Waals surface area contributed by atoms with Gasteiger partial charge in [-0.2, -0.15) is 0 Å². The quantitative estimate of drug-likeness (QED) is 0.650. The van der Waals surface area contributed by atoms with Crippen molar-refractivity contribution in [3.8, 4) is 11.5 Å². The lowest BCUT2D eigenvalue weighted by atomic mass is 10.3. The van der Waals surface area contributed by atoms with Crippen molar-refractivity contribution in [2.45, 2.75) is 20.3 Å². The Morgan fingerprint density at radius 2 is 1.75 bits per heavy atom. The number of rotatable bonds is 10. The van der Waals surface area contributed by atoms with Crippen LogP contribution in [0.4, 0.5) is 5.69 Å². The van der Waals surface area contributed by atoms with E-state index in [1.165, 1.54) is 0 Å². The maximum atomic E-state index is 12.0. The molecule has 6 nitrogen and oxygen atoms in total. The largest absolute Gasteiger partial charge is 0.493 e. The number of halogens is 1. The van der Waals surface area contributed by atoms with Crippen LogP contribution in [0.1, 0.15) is 20.3 Å². The highest BCUT2D eigenvalue weighted by Crippen LogP contribution is 2.27. The van der Waals surface area contributed by atoms with Gasteiger partial charge in [-0.3, -0.25) is 9.59 Å². The average Bonchev–Trinajstić information content (AvgIpc) is 2.69. The molecule has 2 aromatic carbocycles. The lowest BCUT2D eigenvalue weighted by Gasteiger charge is -2.19. The number of benzene rings is 2. The van der Waals surface area contributed by atoms with Crippen LogP contribution in [0, 0.1) is 0 Å². The number of ether oxygens (including phenoxy) is 2. The fourth-order valence-corrected chi connectivity index (χ4v) is 2.74. The number of anilines is 1. The molecule has 0 fully saturated rings. The number of nitrogens with one attached hydrogen (secondary N) is 1. The molecule has 0 saturated heterocycles. The average molecular weight is 405 g/mol. The van der Waals surface area contributed by atoms with E-state index in [4.69, 9.17) is 21.1 Å². The van der Waals surface area contributed by atoms with Gasteiger partial charge < -0.3 is 19.7 Å². The molecule has 0 spiro atoms. The van der Waals surface area contributed by atoms with Crippen molar-refractivity contribution in [3.05, 3.63) is 53.6 Å². The van der Waals surface area contributed by atoms with Crippen LogP contribution >= 0.6 is 11.6 Å². The first-order chi connectivity index (χ1) is 13.5. The Morgan fingerprint density at radius 1 is 1.04 bits per heavy atom. The van der Waals surface area contributed by atoms with Crippen LogP contribution < -0.4 is 14.8 Å². The summed E-state index contributed by atoms with van der Waals surface area (Å²) in [7, 11) is 0. The molecule has 150 valence electrons. The fourth-order valence-electron chi connectivity index (χ4n) is 2.50. The summed E-state index contributed by atoms with van der Waals surface area (Å²) in [6, 6.07) is 14.2. The summed E-state index contributed by atoms with van der Waals surface area (Å²) in [5.41, 5.74) is 0.553. The van der Waals surface area contributed by atoms with Gasteiger partial charge in [0.25, 0.3) is 5.91 Å².